The molecule has 0 amide bonds. The Morgan fingerprint density at radius 1 is 1.15 bits per heavy atom. The Labute approximate surface area is 156 Å². The van der Waals surface area contributed by atoms with Crippen LogP contribution >= 0.6 is 0 Å². The largest absolute Gasteiger partial charge is 0.386 e. The molecule has 3 rings (SSSR count). The quantitative estimate of drug-likeness (QED) is 0.739. The fraction of sp³-hybridized carbons (Fsp3) is 0.526. The average molecular weight is 374 g/mol. The number of ether oxygens (including phenoxy) is 2. The zero-order chi connectivity index (χ0) is 19.9. The molecule has 3 unspecified atom stereocenters. The lowest BCUT2D eigenvalue weighted by atomic mass is 9.93. The minimum atomic E-state index is -1.81. The molecule has 2 aliphatic rings. The van der Waals surface area contributed by atoms with E-state index in [0.717, 1.165) is 6.07 Å². The Balaban J connectivity index is 2.20. The Hall–Kier alpha value is -2.55. The first-order valence-corrected chi connectivity index (χ1v) is 8.81. The van der Waals surface area contributed by atoms with Crippen LogP contribution in [0.2, 0.25) is 0 Å². The summed E-state index contributed by atoms with van der Waals surface area (Å²) >= 11 is 0. The van der Waals surface area contributed by atoms with E-state index in [4.69, 9.17) is 15.2 Å². The van der Waals surface area contributed by atoms with Crippen LogP contribution in [-0.4, -0.2) is 25.0 Å². The van der Waals surface area contributed by atoms with Crippen molar-refractivity contribution in [2.24, 2.45) is 21.6 Å². The number of rotatable bonds is 7. The van der Waals surface area contributed by atoms with Gasteiger partial charge in [-0.15, -0.1) is 0 Å². The molecule has 1 aliphatic carbocycles. The third-order valence-corrected chi connectivity index (χ3v) is 5.20. The highest BCUT2D eigenvalue weighted by Gasteiger charge is 2.94. The van der Waals surface area contributed by atoms with Crippen molar-refractivity contribution in [3.63, 3.8) is 0 Å². The van der Waals surface area contributed by atoms with E-state index in [1.165, 1.54) is 6.07 Å². The van der Waals surface area contributed by atoms with Gasteiger partial charge in [-0.05, 0) is 24.5 Å². The third kappa shape index (κ3) is 2.24. The van der Waals surface area contributed by atoms with Crippen molar-refractivity contribution in [3.05, 3.63) is 35.4 Å². The molecule has 1 saturated carbocycles. The van der Waals surface area contributed by atoms with Crippen LogP contribution in [0.3, 0.4) is 0 Å². The molecule has 6 nitrogen and oxygen atoms in total. The van der Waals surface area contributed by atoms with Gasteiger partial charge in [0, 0.05) is 12.0 Å². The predicted octanol–water partition coefficient (Wildman–Crippen LogP) is 2.96. The van der Waals surface area contributed by atoms with Crippen molar-refractivity contribution in [2.75, 3.05) is 13.2 Å². The Kier molecular flexibility index (Phi) is 4.67. The first kappa shape index (κ1) is 19.2. The molecular formula is C19H20F2N4O2. The van der Waals surface area contributed by atoms with Gasteiger partial charge in [0.15, 0.2) is 5.41 Å². The summed E-state index contributed by atoms with van der Waals surface area (Å²) in [5.41, 5.74) is 2.84. The van der Waals surface area contributed by atoms with Crippen molar-refractivity contribution >= 4 is 5.84 Å². The second kappa shape index (κ2) is 6.56. The molecule has 3 atom stereocenters. The summed E-state index contributed by atoms with van der Waals surface area (Å²) in [7, 11) is 0. The Morgan fingerprint density at radius 3 is 2.26 bits per heavy atom. The maximum atomic E-state index is 14.5. The molecule has 0 aromatic heterocycles. The first-order valence-electron chi connectivity index (χ1n) is 8.81. The fourth-order valence-corrected chi connectivity index (χ4v) is 4.04. The molecule has 27 heavy (non-hydrogen) atoms. The van der Waals surface area contributed by atoms with Crippen molar-refractivity contribution in [1.82, 2.24) is 0 Å². The minimum absolute atomic E-state index is 0.0157. The highest BCUT2D eigenvalue weighted by molar-refractivity contribution is 6.00. The maximum absolute atomic E-state index is 14.5. The van der Waals surface area contributed by atoms with Gasteiger partial charge in [0.1, 0.15) is 22.9 Å². The number of hydrogen-bond donors (Lipinski definition) is 1. The molecule has 8 heteroatoms. The lowest BCUT2D eigenvalue weighted by molar-refractivity contribution is -0.259. The molecule has 0 bridgehead atoms. The third-order valence-electron chi connectivity index (χ3n) is 5.20. The van der Waals surface area contributed by atoms with E-state index in [1.54, 1.807) is 0 Å². The molecule has 0 saturated heterocycles. The highest BCUT2D eigenvalue weighted by Crippen LogP contribution is 2.82. The van der Waals surface area contributed by atoms with Gasteiger partial charge in [-0.1, -0.05) is 19.9 Å². The average Bonchev–Trinajstić information content (AvgIpc) is 3.21. The summed E-state index contributed by atoms with van der Waals surface area (Å²) in [4.78, 5) is 4.24. The van der Waals surface area contributed by atoms with Crippen LogP contribution in [0.1, 0.15) is 38.2 Å². The zero-order valence-electron chi connectivity index (χ0n) is 15.1. The molecule has 1 aromatic carbocycles. The van der Waals surface area contributed by atoms with Crippen LogP contribution in [0.15, 0.2) is 23.2 Å². The smallest absolute Gasteiger partial charge is 0.293 e. The van der Waals surface area contributed by atoms with Gasteiger partial charge < -0.3 is 15.2 Å². The van der Waals surface area contributed by atoms with Crippen LogP contribution in [-0.2, 0) is 9.47 Å². The minimum Gasteiger partial charge on any atom is -0.386 e. The molecule has 1 heterocycles. The molecule has 2 N–H and O–H groups in total. The van der Waals surface area contributed by atoms with Gasteiger partial charge in [-0.2, -0.15) is 10.5 Å². The van der Waals surface area contributed by atoms with Crippen LogP contribution in [0, 0.1) is 45.1 Å². The van der Waals surface area contributed by atoms with Crippen LogP contribution in [0.5, 0.6) is 0 Å². The standard InChI is InChI=1S/C19H20F2N4O2/c1-3-7-26-19(27-8-4-2)18(11-23)15(17(18,10-22)16(24)25-19)13-6-5-12(20)9-14(13)21/h5-6,9,15H,3-4,7-8H2,1-2H3,(H2,24,25). The monoisotopic (exact) mass is 374 g/mol. The summed E-state index contributed by atoms with van der Waals surface area (Å²) in [5, 5.41) is 20.0. The van der Waals surface area contributed by atoms with E-state index in [0.29, 0.717) is 18.9 Å². The lowest BCUT2D eigenvalue weighted by Gasteiger charge is -2.32. The number of fused-ring (bicyclic) bond motifs is 1. The van der Waals surface area contributed by atoms with Crippen molar-refractivity contribution in [2.45, 2.75) is 38.5 Å². The molecular weight excluding hydrogens is 354 g/mol. The van der Waals surface area contributed by atoms with Gasteiger partial charge in [0.05, 0.1) is 25.4 Å². The van der Waals surface area contributed by atoms with Crippen LogP contribution in [0.25, 0.3) is 0 Å². The summed E-state index contributed by atoms with van der Waals surface area (Å²) < 4.78 is 39.6. The molecule has 1 aliphatic heterocycles. The van der Waals surface area contributed by atoms with Gasteiger partial charge in [0.2, 0.25) is 0 Å². The predicted molar refractivity (Wildman–Crippen MR) is 92.0 cm³/mol. The number of nitriles is 2. The molecule has 1 fully saturated rings. The van der Waals surface area contributed by atoms with Gasteiger partial charge in [-0.25, -0.2) is 13.8 Å². The topological polar surface area (TPSA) is 104 Å². The number of aliphatic imine (C=N–C) groups is 1. The molecule has 0 radical (unpaired) electrons. The lowest BCUT2D eigenvalue weighted by Crippen LogP contribution is -2.44. The van der Waals surface area contributed by atoms with Gasteiger partial charge in [-0.3, -0.25) is 0 Å². The first-order chi connectivity index (χ1) is 12.9. The maximum Gasteiger partial charge on any atom is 0.293 e. The van der Waals surface area contributed by atoms with E-state index >= 15 is 0 Å². The summed E-state index contributed by atoms with van der Waals surface area (Å²) in [6.07, 6.45) is 1.23. The van der Waals surface area contributed by atoms with E-state index in [2.05, 4.69) is 17.1 Å². The summed E-state index contributed by atoms with van der Waals surface area (Å²) in [6.45, 7) is 4.17. The number of nitrogens with two attached hydrogens (primary N) is 1. The van der Waals surface area contributed by atoms with E-state index < -0.39 is 34.3 Å². The van der Waals surface area contributed by atoms with Crippen LogP contribution < -0.4 is 5.73 Å². The number of hydrogen-bond acceptors (Lipinski definition) is 6. The highest BCUT2D eigenvalue weighted by atomic mass is 19.1. The molecule has 1 aromatic rings. The number of benzene rings is 1. The second-order valence-corrected chi connectivity index (χ2v) is 6.71. The van der Waals surface area contributed by atoms with E-state index in [-0.39, 0.29) is 24.6 Å². The number of nitrogens with zero attached hydrogens (tertiary/aromatic N) is 3. The number of halogens is 2. The summed E-state index contributed by atoms with van der Waals surface area (Å²) in [6, 6.07) is 7.19. The van der Waals surface area contributed by atoms with E-state index in [9.17, 15) is 19.3 Å². The van der Waals surface area contributed by atoms with Crippen molar-refractivity contribution < 1.29 is 18.3 Å². The van der Waals surface area contributed by atoms with Crippen molar-refractivity contribution in [3.8, 4) is 12.1 Å². The van der Waals surface area contributed by atoms with Crippen molar-refractivity contribution in [1.29, 1.82) is 10.5 Å². The van der Waals surface area contributed by atoms with Crippen LogP contribution in [0.4, 0.5) is 8.78 Å². The molecule has 142 valence electrons. The number of amidine groups is 1. The fourth-order valence-electron chi connectivity index (χ4n) is 4.04. The zero-order valence-corrected chi connectivity index (χ0v) is 15.1. The second-order valence-electron chi connectivity index (χ2n) is 6.71. The normalized spacial score (nSPS) is 30.1. The van der Waals surface area contributed by atoms with E-state index in [1.807, 2.05) is 13.8 Å². The summed E-state index contributed by atoms with van der Waals surface area (Å²) in [5.74, 6) is -4.53. The van der Waals surface area contributed by atoms with Gasteiger partial charge >= 0.3 is 0 Å². The van der Waals surface area contributed by atoms with Gasteiger partial charge in [0.25, 0.3) is 5.91 Å². The Bertz CT molecular complexity index is 867. The SMILES string of the molecule is CCCOC1(OCCC)N=C(N)C2(C#N)C(c3ccc(F)cc3F)C12C#N. The molecule has 0 spiro atoms. The Morgan fingerprint density at radius 2 is 1.78 bits per heavy atom.